The molecule has 138 valence electrons. The lowest BCUT2D eigenvalue weighted by molar-refractivity contribution is 0.0936. The number of amides is 1. The number of hydrogen-bond acceptors (Lipinski definition) is 4. The van der Waals surface area contributed by atoms with E-state index in [4.69, 9.17) is 0 Å². The first kappa shape index (κ1) is 18.3. The Labute approximate surface area is 153 Å². The molecule has 1 aliphatic heterocycles. The number of piperidine rings is 1. The van der Waals surface area contributed by atoms with Gasteiger partial charge in [0.1, 0.15) is 0 Å². The number of para-hydroxylation sites is 1. The van der Waals surface area contributed by atoms with Gasteiger partial charge in [-0.3, -0.25) is 9.59 Å². The molecule has 1 aromatic carbocycles. The van der Waals surface area contributed by atoms with Crippen LogP contribution >= 0.6 is 0 Å². The van der Waals surface area contributed by atoms with E-state index in [1.54, 1.807) is 11.6 Å². The third-order valence-electron chi connectivity index (χ3n) is 4.91. The van der Waals surface area contributed by atoms with Crippen LogP contribution in [0.3, 0.4) is 0 Å². The van der Waals surface area contributed by atoms with Gasteiger partial charge in [0, 0.05) is 24.8 Å². The van der Waals surface area contributed by atoms with E-state index in [9.17, 15) is 9.59 Å². The van der Waals surface area contributed by atoms with Gasteiger partial charge in [0.2, 0.25) is 5.43 Å². The third-order valence-corrected chi connectivity index (χ3v) is 4.91. The van der Waals surface area contributed by atoms with E-state index in [0.29, 0.717) is 12.2 Å². The van der Waals surface area contributed by atoms with Gasteiger partial charge in [-0.25, -0.2) is 4.68 Å². The Morgan fingerprint density at radius 3 is 2.62 bits per heavy atom. The molecule has 0 radical (unpaired) electrons. The predicted molar refractivity (Wildman–Crippen MR) is 102 cm³/mol. The van der Waals surface area contributed by atoms with Gasteiger partial charge >= 0.3 is 0 Å². The Morgan fingerprint density at radius 2 is 1.92 bits per heavy atom. The van der Waals surface area contributed by atoms with E-state index in [1.807, 2.05) is 30.3 Å². The topological polar surface area (TPSA) is 67.2 Å². The van der Waals surface area contributed by atoms with Crippen molar-refractivity contribution in [2.24, 2.45) is 5.92 Å². The molecule has 3 rings (SSSR count). The second-order valence-corrected chi connectivity index (χ2v) is 7.03. The highest BCUT2D eigenvalue weighted by molar-refractivity contribution is 5.92. The number of likely N-dealkylation sites (tertiary alicyclic amines) is 1. The van der Waals surface area contributed by atoms with Crippen LogP contribution in [0.15, 0.2) is 41.2 Å². The molecule has 1 N–H and O–H groups in total. The van der Waals surface area contributed by atoms with Crippen molar-refractivity contribution in [1.82, 2.24) is 20.0 Å². The van der Waals surface area contributed by atoms with Gasteiger partial charge in [0.15, 0.2) is 5.69 Å². The maximum Gasteiger partial charge on any atom is 0.275 e. The predicted octanol–water partition coefficient (Wildman–Crippen LogP) is 2.00. The van der Waals surface area contributed by atoms with Crippen LogP contribution in [-0.2, 0) is 0 Å². The number of aryl methyl sites for hydroxylation is 1. The fourth-order valence-electron chi connectivity index (χ4n) is 3.23. The normalized spacial score (nSPS) is 15.8. The van der Waals surface area contributed by atoms with Crippen molar-refractivity contribution >= 4 is 5.91 Å². The summed E-state index contributed by atoms with van der Waals surface area (Å²) < 4.78 is 1.63. The van der Waals surface area contributed by atoms with Crippen molar-refractivity contribution in [2.75, 3.05) is 26.2 Å². The first-order valence-corrected chi connectivity index (χ1v) is 9.21. The quantitative estimate of drug-likeness (QED) is 0.892. The minimum absolute atomic E-state index is 0.0632. The molecular weight excluding hydrogens is 328 g/mol. The van der Waals surface area contributed by atoms with Gasteiger partial charge in [-0.2, -0.15) is 5.10 Å². The van der Waals surface area contributed by atoms with E-state index in [0.717, 1.165) is 31.2 Å². The summed E-state index contributed by atoms with van der Waals surface area (Å²) in [5.41, 5.74) is 1.10. The van der Waals surface area contributed by atoms with Crippen molar-refractivity contribution < 1.29 is 4.79 Å². The molecule has 0 unspecified atom stereocenters. The summed E-state index contributed by atoms with van der Waals surface area (Å²) >= 11 is 0. The van der Waals surface area contributed by atoms with Crippen LogP contribution in [0.25, 0.3) is 5.69 Å². The number of benzene rings is 1. The lowest BCUT2D eigenvalue weighted by Crippen LogP contribution is -2.40. The molecule has 26 heavy (non-hydrogen) atoms. The summed E-state index contributed by atoms with van der Waals surface area (Å²) in [5, 5.41) is 7.14. The molecule has 0 atom stereocenters. The number of carbonyl (C=O) groups excluding carboxylic acids is 1. The van der Waals surface area contributed by atoms with E-state index < -0.39 is 5.91 Å². The highest BCUT2D eigenvalue weighted by Gasteiger charge is 2.17. The molecule has 6 heteroatoms. The summed E-state index contributed by atoms with van der Waals surface area (Å²) in [6.07, 6.45) is 2.41. The number of rotatable bonds is 5. The van der Waals surface area contributed by atoms with E-state index in [1.165, 1.54) is 18.9 Å². The monoisotopic (exact) mass is 354 g/mol. The Balaban J connectivity index is 1.66. The molecular formula is C20H26N4O2. The fourth-order valence-corrected chi connectivity index (χ4v) is 3.23. The fraction of sp³-hybridized carbons (Fsp3) is 0.450. The van der Waals surface area contributed by atoms with Crippen LogP contribution in [0.4, 0.5) is 0 Å². The molecule has 1 fully saturated rings. The molecule has 0 spiro atoms. The Bertz CT molecular complexity index is 808. The Kier molecular flexibility index (Phi) is 5.83. The summed E-state index contributed by atoms with van der Waals surface area (Å²) in [7, 11) is 0. The first-order valence-electron chi connectivity index (χ1n) is 9.21. The number of aromatic nitrogens is 2. The van der Waals surface area contributed by atoms with E-state index in [-0.39, 0.29) is 11.1 Å². The zero-order valence-corrected chi connectivity index (χ0v) is 15.4. The summed E-state index contributed by atoms with van der Waals surface area (Å²) in [4.78, 5) is 27.0. The average molecular weight is 354 g/mol. The first-order chi connectivity index (χ1) is 12.5. The van der Waals surface area contributed by atoms with Crippen LogP contribution in [0.1, 0.15) is 35.9 Å². The molecule has 0 saturated carbocycles. The van der Waals surface area contributed by atoms with Crippen molar-refractivity contribution in [1.29, 1.82) is 0 Å². The number of nitrogens with zero attached hydrogens (tertiary/aromatic N) is 3. The second-order valence-electron chi connectivity index (χ2n) is 7.03. The summed E-state index contributed by atoms with van der Waals surface area (Å²) in [6, 6.07) is 11.0. The maximum atomic E-state index is 12.4. The zero-order valence-electron chi connectivity index (χ0n) is 15.4. The number of nitrogens with one attached hydrogen (secondary N) is 1. The summed E-state index contributed by atoms with van der Waals surface area (Å²) in [5.74, 6) is 0.374. The SMILES string of the molecule is Cc1cc(=O)c(C(=O)NCCN2CCC(C)CC2)nn1-c1ccccc1. The lowest BCUT2D eigenvalue weighted by atomic mass is 9.99. The van der Waals surface area contributed by atoms with Gasteiger partial charge in [-0.1, -0.05) is 25.1 Å². The van der Waals surface area contributed by atoms with Gasteiger partial charge in [0.05, 0.1) is 5.69 Å². The Hall–Kier alpha value is -2.47. The third kappa shape index (κ3) is 4.38. The molecule has 0 aliphatic carbocycles. The minimum atomic E-state index is -0.412. The van der Waals surface area contributed by atoms with Crippen LogP contribution < -0.4 is 10.7 Å². The van der Waals surface area contributed by atoms with E-state index >= 15 is 0 Å². The molecule has 2 aromatic rings. The van der Waals surface area contributed by atoms with Crippen molar-refractivity contribution in [3.63, 3.8) is 0 Å². The van der Waals surface area contributed by atoms with Crippen molar-refractivity contribution in [2.45, 2.75) is 26.7 Å². The lowest BCUT2D eigenvalue weighted by Gasteiger charge is -2.30. The Morgan fingerprint density at radius 1 is 1.23 bits per heavy atom. The molecule has 0 bridgehead atoms. The highest BCUT2D eigenvalue weighted by Crippen LogP contribution is 2.15. The molecule has 1 amide bonds. The van der Waals surface area contributed by atoms with Crippen molar-refractivity contribution in [3.8, 4) is 5.69 Å². The smallest absolute Gasteiger partial charge is 0.275 e. The molecule has 6 nitrogen and oxygen atoms in total. The standard InChI is InChI=1S/C20H26N4O2/c1-15-8-11-23(12-9-15)13-10-21-20(26)19-18(25)14-16(2)24(22-19)17-6-4-3-5-7-17/h3-7,14-15H,8-13H2,1-2H3,(H,21,26). The summed E-state index contributed by atoms with van der Waals surface area (Å²) in [6.45, 7) is 7.55. The molecule has 2 heterocycles. The van der Waals surface area contributed by atoms with Crippen LogP contribution in [-0.4, -0.2) is 46.8 Å². The molecule has 1 aliphatic rings. The number of hydrogen-bond donors (Lipinski definition) is 1. The highest BCUT2D eigenvalue weighted by atomic mass is 16.2. The van der Waals surface area contributed by atoms with Crippen LogP contribution in [0.5, 0.6) is 0 Å². The minimum Gasteiger partial charge on any atom is -0.349 e. The van der Waals surface area contributed by atoms with Gasteiger partial charge < -0.3 is 10.2 Å². The second kappa shape index (κ2) is 8.27. The number of carbonyl (C=O) groups is 1. The largest absolute Gasteiger partial charge is 0.349 e. The van der Waals surface area contributed by atoms with Gasteiger partial charge in [-0.05, 0) is 50.9 Å². The van der Waals surface area contributed by atoms with Gasteiger partial charge in [-0.15, -0.1) is 0 Å². The average Bonchev–Trinajstić information content (AvgIpc) is 2.64. The maximum absolute atomic E-state index is 12.4. The zero-order chi connectivity index (χ0) is 18.5. The molecule has 1 saturated heterocycles. The van der Waals surface area contributed by atoms with Gasteiger partial charge in [0.25, 0.3) is 5.91 Å². The van der Waals surface area contributed by atoms with Crippen molar-refractivity contribution in [3.05, 3.63) is 58.0 Å². The van der Waals surface area contributed by atoms with Crippen LogP contribution in [0, 0.1) is 12.8 Å². The van der Waals surface area contributed by atoms with Crippen LogP contribution in [0.2, 0.25) is 0 Å². The molecule has 1 aromatic heterocycles. The van der Waals surface area contributed by atoms with E-state index in [2.05, 4.69) is 22.2 Å².